The van der Waals surface area contributed by atoms with Gasteiger partial charge in [-0.15, -0.1) is 0 Å². The molecule has 1 aromatic carbocycles. The molecule has 4 heterocycles. The van der Waals surface area contributed by atoms with Crippen molar-refractivity contribution in [3.05, 3.63) is 52.1 Å². The molecule has 10 heteroatoms. The molecule has 0 bridgehead atoms. The first kappa shape index (κ1) is 23.5. The number of nitrogens with one attached hydrogen (secondary N) is 1. The third kappa shape index (κ3) is 4.93. The summed E-state index contributed by atoms with van der Waals surface area (Å²) in [7, 11) is 0. The van der Waals surface area contributed by atoms with Gasteiger partial charge in [0.2, 0.25) is 11.8 Å². The molecule has 1 unspecified atom stereocenters. The zero-order chi connectivity index (χ0) is 24.4. The summed E-state index contributed by atoms with van der Waals surface area (Å²) in [6.45, 7) is 5.26. The molecule has 5 rings (SSSR count). The average Bonchev–Trinajstić information content (AvgIpc) is 3.34. The van der Waals surface area contributed by atoms with Gasteiger partial charge in [0.1, 0.15) is 17.6 Å². The Hall–Kier alpha value is -3.27. The highest BCUT2D eigenvalue weighted by Crippen LogP contribution is 2.29. The number of anilines is 1. The Morgan fingerprint density at radius 1 is 1.20 bits per heavy atom. The molecule has 9 nitrogen and oxygen atoms in total. The van der Waals surface area contributed by atoms with Crippen LogP contribution in [0.5, 0.6) is 0 Å². The van der Waals surface area contributed by atoms with Crippen molar-refractivity contribution in [2.45, 2.75) is 45.7 Å². The van der Waals surface area contributed by atoms with Crippen molar-refractivity contribution in [1.82, 2.24) is 24.8 Å². The van der Waals surface area contributed by atoms with Gasteiger partial charge in [-0.05, 0) is 36.8 Å². The fourth-order valence-corrected chi connectivity index (χ4v) is 5.80. The molecule has 2 aliphatic heterocycles. The van der Waals surface area contributed by atoms with Gasteiger partial charge in [-0.3, -0.25) is 19.0 Å². The number of carbonyl (C=O) groups excluding carboxylic acids is 2. The molecule has 0 spiro atoms. The van der Waals surface area contributed by atoms with E-state index in [0.29, 0.717) is 41.7 Å². The summed E-state index contributed by atoms with van der Waals surface area (Å²) >= 11 is 1.29. The van der Waals surface area contributed by atoms with E-state index in [2.05, 4.69) is 26.3 Å². The van der Waals surface area contributed by atoms with E-state index in [-0.39, 0.29) is 29.8 Å². The molecule has 1 N–H and O–H groups in total. The van der Waals surface area contributed by atoms with Crippen LogP contribution in [0.4, 0.5) is 5.13 Å². The van der Waals surface area contributed by atoms with E-state index in [1.54, 1.807) is 4.90 Å². The number of aromatic nitrogens is 3. The van der Waals surface area contributed by atoms with Gasteiger partial charge in [-0.25, -0.2) is 4.98 Å². The van der Waals surface area contributed by atoms with Crippen LogP contribution in [-0.4, -0.2) is 57.4 Å². The highest BCUT2D eigenvalue weighted by atomic mass is 32.1. The first-order chi connectivity index (χ1) is 17.0. The lowest BCUT2D eigenvalue weighted by Crippen LogP contribution is -2.43. The van der Waals surface area contributed by atoms with Crippen LogP contribution in [-0.2, 0) is 29.1 Å². The molecule has 1 saturated heterocycles. The van der Waals surface area contributed by atoms with Gasteiger partial charge in [0.15, 0.2) is 10.8 Å². The molecule has 0 saturated carbocycles. The third-order valence-corrected chi connectivity index (χ3v) is 7.87. The maximum atomic E-state index is 13.2. The molecule has 184 valence electrons. The minimum Gasteiger partial charge on any atom is -0.356 e. The van der Waals surface area contributed by atoms with Crippen molar-refractivity contribution >= 4 is 38.6 Å². The summed E-state index contributed by atoms with van der Waals surface area (Å²) in [5.74, 6) is -0.0966. The lowest BCUT2D eigenvalue weighted by atomic mass is 9.97. The lowest BCUT2D eigenvalue weighted by Gasteiger charge is -2.31. The normalized spacial score (nSPS) is 17.9. The minimum absolute atomic E-state index is 0.0411. The van der Waals surface area contributed by atoms with Crippen molar-refractivity contribution in [3.63, 3.8) is 0 Å². The smallest absolute Gasteiger partial charge is 0.273 e. The number of piperidine rings is 1. The highest BCUT2D eigenvalue weighted by molar-refractivity contribution is 7.22. The topological polar surface area (TPSA) is 100 Å². The monoisotopic (exact) mass is 494 g/mol. The van der Waals surface area contributed by atoms with Gasteiger partial charge in [0, 0.05) is 32.7 Å². The van der Waals surface area contributed by atoms with Gasteiger partial charge in [0.25, 0.3) is 5.56 Å². The third-order valence-electron chi connectivity index (χ3n) is 6.77. The second-order valence-corrected chi connectivity index (χ2v) is 10.2. The molecule has 0 radical (unpaired) electrons. The molecular weight excluding hydrogens is 464 g/mol. The Labute approximate surface area is 207 Å². The van der Waals surface area contributed by atoms with E-state index in [9.17, 15) is 14.4 Å². The van der Waals surface area contributed by atoms with Gasteiger partial charge in [-0.1, -0.05) is 42.5 Å². The van der Waals surface area contributed by atoms with E-state index in [1.807, 2.05) is 25.1 Å². The average molecular weight is 495 g/mol. The summed E-state index contributed by atoms with van der Waals surface area (Å²) in [6, 6.07) is 8.15. The summed E-state index contributed by atoms with van der Waals surface area (Å²) in [4.78, 5) is 51.4. The fourth-order valence-electron chi connectivity index (χ4n) is 4.79. The molecule has 2 aromatic heterocycles. The number of thiazole rings is 1. The van der Waals surface area contributed by atoms with Crippen LogP contribution in [0.1, 0.15) is 37.3 Å². The van der Waals surface area contributed by atoms with Crippen LogP contribution < -0.4 is 15.8 Å². The fraction of sp³-hybridized carbons (Fsp3) is 0.480. The largest absolute Gasteiger partial charge is 0.356 e. The molecular formula is C25H30N6O3S. The van der Waals surface area contributed by atoms with Crippen molar-refractivity contribution in [1.29, 1.82) is 0 Å². The Morgan fingerprint density at radius 2 is 2.03 bits per heavy atom. The molecule has 2 amide bonds. The summed E-state index contributed by atoms with van der Waals surface area (Å²) in [5.41, 5.74) is 2.57. The molecule has 35 heavy (non-hydrogen) atoms. The first-order valence-electron chi connectivity index (χ1n) is 12.3. The zero-order valence-electron chi connectivity index (χ0n) is 19.9. The summed E-state index contributed by atoms with van der Waals surface area (Å²) in [6.07, 6.45) is 4.89. The van der Waals surface area contributed by atoms with Crippen LogP contribution in [0.2, 0.25) is 0 Å². The highest BCUT2D eigenvalue weighted by Gasteiger charge is 2.28. The van der Waals surface area contributed by atoms with Crippen LogP contribution in [0, 0.1) is 5.92 Å². The SMILES string of the molecule is CCCNC(=O)C1CCCN(c2nc3ncn(CC(=O)N4CCc5ccccc5C4)c(=O)c3s2)C1. The zero-order valence-corrected chi connectivity index (χ0v) is 20.7. The first-order valence-corrected chi connectivity index (χ1v) is 13.1. The van der Waals surface area contributed by atoms with E-state index >= 15 is 0 Å². The summed E-state index contributed by atoms with van der Waals surface area (Å²) < 4.78 is 1.82. The van der Waals surface area contributed by atoms with Crippen LogP contribution in [0.25, 0.3) is 10.3 Å². The lowest BCUT2D eigenvalue weighted by molar-refractivity contribution is -0.132. The number of rotatable bonds is 6. The maximum absolute atomic E-state index is 13.2. The van der Waals surface area contributed by atoms with E-state index in [0.717, 1.165) is 37.8 Å². The number of benzene rings is 1. The Morgan fingerprint density at radius 3 is 2.86 bits per heavy atom. The minimum atomic E-state index is -0.251. The van der Waals surface area contributed by atoms with Crippen LogP contribution in [0.15, 0.2) is 35.4 Å². The standard InChI is InChI=1S/C25H30N6O3S/c1-2-10-26-23(33)19-8-5-11-30(14-19)25-28-22-21(35-25)24(34)31(16-27-22)15-20(32)29-12-9-17-6-3-4-7-18(17)13-29/h3-4,6-7,16,19H,2,5,8-15H2,1H3,(H,26,33). The number of hydrogen-bond acceptors (Lipinski definition) is 7. The number of hydrogen-bond donors (Lipinski definition) is 1. The van der Waals surface area contributed by atoms with Crippen molar-refractivity contribution < 1.29 is 9.59 Å². The number of nitrogens with zero attached hydrogens (tertiary/aromatic N) is 5. The molecule has 1 atom stereocenters. The Bertz CT molecular complexity index is 1300. The second-order valence-electron chi connectivity index (χ2n) is 9.24. The van der Waals surface area contributed by atoms with Gasteiger partial charge < -0.3 is 15.1 Å². The number of fused-ring (bicyclic) bond motifs is 2. The molecule has 1 fully saturated rings. The van der Waals surface area contributed by atoms with E-state index in [4.69, 9.17) is 0 Å². The quantitative estimate of drug-likeness (QED) is 0.564. The van der Waals surface area contributed by atoms with E-state index < -0.39 is 0 Å². The predicted molar refractivity (Wildman–Crippen MR) is 135 cm³/mol. The second kappa shape index (κ2) is 10.2. The summed E-state index contributed by atoms with van der Waals surface area (Å²) in [5, 5.41) is 3.69. The van der Waals surface area contributed by atoms with Gasteiger partial charge >= 0.3 is 0 Å². The molecule has 3 aromatic rings. The maximum Gasteiger partial charge on any atom is 0.273 e. The van der Waals surface area contributed by atoms with Crippen LogP contribution >= 0.6 is 11.3 Å². The Balaban J connectivity index is 1.30. The van der Waals surface area contributed by atoms with Crippen molar-refractivity contribution in [2.24, 2.45) is 5.92 Å². The van der Waals surface area contributed by atoms with E-state index in [1.165, 1.54) is 27.8 Å². The predicted octanol–water partition coefficient (Wildman–Crippen LogP) is 2.18. The van der Waals surface area contributed by atoms with Gasteiger partial charge in [0.05, 0.1) is 5.92 Å². The van der Waals surface area contributed by atoms with Gasteiger partial charge in [-0.2, -0.15) is 4.98 Å². The molecule has 2 aliphatic rings. The Kier molecular flexibility index (Phi) is 6.81. The number of amides is 2. The molecule has 0 aliphatic carbocycles. The van der Waals surface area contributed by atoms with Crippen molar-refractivity contribution in [3.8, 4) is 0 Å². The number of carbonyl (C=O) groups is 2. The van der Waals surface area contributed by atoms with Crippen molar-refractivity contribution in [2.75, 3.05) is 31.1 Å². The van der Waals surface area contributed by atoms with Crippen LogP contribution in [0.3, 0.4) is 0 Å².